The molecule has 0 bridgehead atoms. The highest BCUT2D eigenvalue weighted by Crippen LogP contribution is 2.23. The van der Waals surface area contributed by atoms with Gasteiger partial charge < -0.3 is 5.32 Å². The molecule has 0 unspecified atom stereocenters. The van der Waals surface area contributed by atoms with Crippen molar-refractivity contribution in [3.8, 4) is 0 Å². The molecule has 1 amide bonds. The van der Waals surface area contributed by atoms with Gasteiger partial charge in [-0.05, 0) is 30.5 Å². The lowest BCUT2D eigenvalue weighted by molar-refractivity contribution is -0.119. The summed E-state index contributed by atoms with van der Waals surface area (Å²) in [6.07, 6.45) is 2.02. The zero-order chi connectivity index (χ0) is 13.8. The summed E-state index contributed by atoms with van der Waals surface area (Å²) < 4.78 is 1.01. The lowest BCUT2D eigenvalue weighted by Gasteiger charge is -2.32. The van der Waals surface area contributed by atoms with E-state index in [9.17, 15) is 4.79 Å². The van der Waals surface area contributed by atoms with Gasteiger partial charge in [-0.1, -0.05) is 33.6 Å². The van der Waals surface area contributed by atoms with Gasteiger partial charge in [0.05, 0.1) is 0 Å². The minimum atomic E-state index is 0.0643. The molecule has 1 aliphatic rings. The Morgan fingerprint density at radius 2 is 2.16 bits per heavy atom. The molecule has 1 aromatic carbocycles. The molecule has 0 aromatic heterocycles. The molecule has 0 radical (unpaired) electrons. The van der Waals surface area contributed by atoms with E-state index in [1.54, 1.807) is 6.92 Å². The maximum atomic E-state index is 11.0. The summed E-state index contributed by atoms with van der Waals surface area (Å²) in [4.78, 5) is 13.4. The average Bonchev–Trinajstić information content (AvgIpc) is 2.34. The Kier molecular flexibility index (Phi) is 5.25. The lowest BCUT2D eigenvalue weighted by atomic mass is 10.0. The third-order valence-corrected chi connectivity index (χ3v) is 4.25. The zero-order valence-electron chi connectivity index (χ0n) is 11.0. The minimum absolute atomic E-state index is 0.0643. The van der Waals surface area contributed by atoms with Gasteiger partial charge in [0, 0.05) is 42.1 Å². The van der Waals surface area contributed by atoms with Crippen LogP contribution in [-0.4, -0.2) is 29.9 Å². The Labute approximate surface area is 127 Å². The van der Waals surface area contributed by atoms with Crippen LogP contribution in [0.15, 0.2) is 22.7 Å². The van der Waals surface area contributed by atoms with Crippen LogP contribution >= 0.6 is 27.5 Å². The molecule has 5 heteroatoms. The number of piperidine rings is 1. The van der Waals surface area contributed by atoms with Crippen molar-refractivity contribution in [2.45, 2.75) is 32.4 Å². The van der Waals surface area contributed by atoms with Crippen molar-refractivity contribution in [3.63, 3.8) is 0 Å². The van der Waals surface area contributed by atoms with Gasteiger partial charge in [0.2, 0.25) is 5.91 Å². The third kappa shape index (κ3) is 4.48. The fraction of sp³-hybridized carbons (Fsp3) is 0.500. The SMILES string of the molecule is CC(=O)NC1CCN(Cc2ccc(Br)cc2Cl)CC1. The number of hydrogen-bond acceptors (Lipinski definition) is 2. The molecule has 0 spiro atoms. The summed E-state index contributed by atoms with van der Waals surface area (Å²) in [6, 6.07) is 6.34. The van der Waals surface area contributed by atoms with Gasteiger partial charge in [-0.15, -0.1) is 0 Å². The van der Waals surface area contributed by atoms with E-state index in [1.807, 2.05) is 12.1 Å². The van der Waals surface area contributed by atoms with Crippen LogP contribution < -0.4 is 5.32 Å². The number of nitrogens with one attached hydrogen (secondary N) is 1. The summed E-state index contributed by atoms with van der Waals surface area (Å²) in [5, 5.41) is 3.79. The molecule has 0 atom stereocenters. The van der Waals surface area contributed by atoms with Crippen molar-refractivity contribution in [1.29, 1.82) is 0 Å². The molecule has 1 aromatic rings. The minimum Gasteiger partial charge on any atom is -0.354 e. The van der Waals surface area contributed by atoms with Crippen LogP contribution in [-0.2, 0) is 11.3 Å². The van der Waals surface area contributed by atoms with Crippen molar-refractivity contribution in [2.24, 2.45) is 0 Å². The molecule has 2 rings (SSSR count). The van der Waals surface area contributed by atoms with E-state index in [1.165, 1.54) is 0 Å². The fourth-order valence-corrected chi connectivity index (χ4v) is 3.15. The second-order valence-corrected chi connectivity index (χ2v) is 6.31. The van der Waals surface area contributed by atoms with Crippen LogP contribution in [0, 0.1) is 0 Å². The Morgan fingerprint density at radius 3 is 2.74 bits per heavy atom. The van der Waals surface area contributed by atoms with Gasteiger partial charge in [-0.25, -0.2) is 0 Å². The number of carbonyl (C=O) groups excluding carboxylic acids is 1. The highest BCUT2D eigenvalue weighted by atomic mass is 79.9. The molecule has 1 heterocycles. The molecule has 3 nitrogen and oxygen atoms in total. The van der Waals surface area contributed by atoms with Gasteiger partial charge in [-0.2, -0.15) is 0 Å². The quantitative estimate of drug-likeness (QED) is 0.912. The summed E-state index contributed by atoms with van der Waals surface area (Å²) in [5.41, 5.74) is 1.16. The Morgan fingerprint density at radius 1 is 1.47 bits per heavy atom. The molecule has 1 saturated heterocycles. The van der Waals surface area contributed by atoms with E-state index in [2.05, 4.69) is 32.2 Å². The zero-order valence-corrected chi connectivity index (χ0v) is 13.3. The highest BCUT2D eigenvalue weighted by molar-refractivity contribution is 9.10. The number of rotatable bonds is 3. The summed E-state index contributed by atoms with van der Waals surface area (Å²) in [6.45, 7) is 4.45. The van der Waals surface area contributed by atoms with E-state index in [-0.39, 0.29) is 5.91 Å². The lowest BCUT2D eigenvalue weighted by Crippen LogP contribution is -2.43. The number of nitrogens with zero attached hydrogens (tertiary/aromatic N) is 1. The maximum absolute atomic E-state index is 11.0. The predicted molar refractivity (Wildman–Crippen MR) is 81.3 cm³/mol. The largest absolute Gasteiger partial charge is 0.354 e. The van der Waals surface area contributed by atoms with Crippen molar-refractivity contribution in [3.05, 3.63) is 33.3 Å². The van der Waals surface area contributed by atoms with Crippen LogP contribution in [0.2, 0.25) is 5.02 Å². The number of benzene rings is 1. The van der Waals surface area contributed by atoms with Crippen LogP contribution in [0.5, 0.6) is 0 Å². The third-order valence-electron chi connectivity index (χ3n) is 3.40. The standard InChI is InChI=1S/C14H18BrClN2O/c1-10(19)17-13-4-6-18(7-5-13)9-11-2-3-12(15)8-14(11)16/h2-3,8,13H,4-7,9H2,1H3,(H,17,19). The van der Waals surface area contributed by atoms with Gasteiger partial charge >= 0.3 is 0 Å². The van der Waals surface area contributed by atoms with E-state index in [4.69, 9.17) is 11.6 Å². The van der Waals surface area contributed by atoms with Gasteiger partial charge in [-0.3, -0.25) is 9.69 Å². The molecule has 0 saturated carbocycles. The van der Waals surface area contributed by atoms with Crippen LogP contribution in [0.4, 0.5) is 0 Å². The van der Waals surface area contributed by atoms with Crippen molar-refractivity contribution >= 4 is 33.4 Å². The topological polar surface area (TPSA) is 32.3 Å². The maximum Gasteiger partial charge on any atom is 0.217 e. The second kappa shape index (κ2) is 6.73. The smallest absolute Gasteiger partial charge is 0.217 e. The number of likely N-dealkylation sites (tertiary alicyclic amines) is 1. The van der Waals surface area contributed by atoms with Crippen molar-refractivity contribution < 1.29 is 4.79 Å². The molecule has 1 fully saturated rings. The van der Waals surface area contributed by atoms with E-state index in [0.29, 0.717) is 6.04 Å². The molecular formula is C14H18BrClN2O. The summed E-state index contributed by atoms with van der Waals surface area (Å²) in [7, 11) is 0. The second-order valence-electron chi connectivity index (χ2n) is 4.99. The Hall–Kier alpha value is -0.580. The van der Waals surface area contributed by atoms with E-state index in [0.717, 1.165) is 47.5 Å². The normalized spacial score (nSPS) is 17.4. The fourth-order valence-electron chi connectivity index (χ4n) is 2.41. The summed E-state index contributed by atoms with van der Waals surface area (Å²) >= 11 is 9.65. The van der Waals surface area contributed by atoms with Crippen LogP contribution in [0.3, 0.4) is 0 Å². The summed E-state index contributed by atoms with van der Waals surface area (Å²) in [5.74, 6) is 0.0643. The predicted octanol–water partition coefficient (Wildman–Crippen LogP) is 3.20. The number of carbonyl (C=O) groups is 1. The average molecular weight is 346 g/mol. The molecule has 1 N–H and O–H groups in total. The van der Waals surface area contributed by atoms with Gasteiger partial charge in [0.25, 0.3) is 0 Å². The molecular weight excluding hydrogens is 328 g/mol. The number of hydrogen-bond donors (Lipinski definition) is 1. The monoisotopic (exact) mass is 344 g/mol. The first kappa shape index (κ1) is 14.8. The van der Waals surface area contributed by atoms with E-state index < -0.39 is 0 Å². The number of amides is 1. The van der Waals surface area contributed by atoms with Crippen LogP contribution in [0.25, 0.3) is 0 Å². The Bertz CT molecular complexity index is 459. The molecule has 1 aliphatic heterocycles. The molecule has 0 aliphatic carbocycles. The van der Waals surface area contributed by atoms with E-state index >= 15 is 0 Å². The first-order valence-electron chi connectivity index (χ1n) is 6.48. The molecule has 104 valence electrons. The van der Waals surface area contributed by atoms with Gasteiger partial charge in [0.15, 0.2) is 0 Å². The highest BCUT2D eigenvalue weighted by Gasteiger charge is 2.20. The van der Waals surface area contributed by atoms with Crippen molar-refractivity contribution in [2.75, 3.05) is 13.1 Å². The number of halogens is 2. The van der Waals surface area contributed by atoms with Gasteiger partial charge in [0.1, 0.15) is 0 Å². The molecule has 19 heavy (non-hydrogen) atoms. The van der Waals surface area contributed by atoms with Crippen molar-refractivity contribution in [1.82, 2.24) is 10.2 Å². The Balaban J connectivity index is 1.87. The first-order valence-corrected chi connectivity index (χ1v) is 7.65. The van der Waals surface area contributed by atoms with Crippen LogP contribution in [0.1, 0.15) is 25.3 Å². The first-order chi connectivity index (χ1) is 9.04.